The second kappa shape index (κ2) is 8.21. The van der Waals surface area contributed by atoms with E-state index in [4.69, 9.17) is 4.74 Å². The number of nitrogens with one attached hydrogen (secondary N) is 1. The van der Waals surface area contributed by atoms with Crippen LogP contribution >= 0.6 is 0 Å². The van der Waals surface area contributed by atoms with E-state index in [0.717, 1.165) is 29.7 Å². The fourth-order valence-electron chi connectivity index (χ4n) is 3.08. The minimum Gasteiger partial charge on any atom is -0.483 e. The first kappa shape index (κ1) is 16.9. The van der Waals surface area contributed by atoms with Crippen LogP contribution in [-0.4, -0.2) is 18.6 Å². The van der Waals surface area contributed by atoms with Gasteiger partial charge in [-0.25, -0.2) is 0 Å². The monoisotopic (exact) mass is 303 g/mol. The van der Waals surface area contributed by atoms with Gasteiger partial charge in [-0.05, 0) is 42.9 Å². The van der Waals surface area contributed by atoms with Crippen LogP contribution in [0.25, 0.3) is 0 Å². The zero-order valence-electron chi connectivity index (χ0n) is 14.2. The number of aryl methyl sites for hydroxylation is 1. The van der Waals surface area contributed by atoms with Crippen molar-refractivity contribution in [2.45, 2.75) is 71.3 Å². The highest BCUT2D eigenvalue weighted by Crippen LogP contribution is 2.27. The zero-order chi connectivity index (χ0) is 15.9. The van der Waals surface area contributed by atoms with Crippen LogP contribution in [0.2, 0.25) is 0 Å². The molecule has 1 aliphatic carbocycles. The Morgan fingerprint density at radius 3 is 2.55 bits per heavy atom. The summed E-state index contributed by atoms with van der Waals surface area (Å²) in [7, 11) is 0. The molecule has 2 rings (SSSR count). The van der Waals surface area contributed by atoms with Crippen LogP contribution in [0.4, 0.5) is 0 Å². The van der Waals surface area contributed by atoms with Gasteiger partial charge in [0.05, 0.1) is 0 Å². The molecular formula is C19H29NO2. The number of carbonyl (C=O) groups excluding carboxylic acids is 1. The van der Waals surface area contributed by atoms with Crippen LogP contribution in [0.3, 0.4) is 0 Å². The molecule has 1 N–H and O–H groups in total. The van der Waals surface area contributed by atoms with Gasteiger partial charge in [0.25, 0.3) is 5.91 Å². The molecule has 1 aromatic rings. The van der Waals surface area contributed by atoms with Crippen LogP contribution in [-0.2, 0) is 4.79 Å². The molecule has 122 valence electrons. The summed E-state index contributed by atoms with van der Waals surface area (Å²) >= 11 is 0. The summed E-state index contributed by atoms with van der Waals surface area (Å²) in [4.78, 5) is 12.1. The predicted octanol–water partition coefficient (Wildman–Crippen LogP) is 4.34. The molecule has 3 nitrogen and oxygen atoms in total. The topological polar surface area (TPSA) is 38.3 Å². The van der Waals surface area contributed by atoms with E-state index in [1.54, 1.807) is 0 Å². The lowest BCUT2D eigenvalue weighted by Crippen LogP contribution is -2.37. The van der Waals surface area contributed by atoms with E-state index in [-0.39, 0.29) is 12.5 Å². The van der Waals surface area contributed by atoms with Crippen molar-refractivity contribution in [2.24, 2.45) is 0 Å². The third kappa shape index (κ3) is 5.04. The molecule has 1 saturated carbocycles. The van der Waals surface area contributed by atoms with Crippen molar-refractivity contribution in [3.05, 3.63) is 29.3 Å². The van der Waals surface area contributed by atoms with Gasteiger partial charge in [0.15, 0.2) is 6.61 Å². The van der Waals surface area contributed by atoms with Crippen LogP contribution in [0.5, 0.6) is 5.75 Å². The average Bonchev–Trinajstić information content (AvgIpc) is 2.73. The van der Waals surface area contributed by atoms with Crippen LogP contribution in [0.15, 0.2) is 18.2 Å². The lowest BCUT2D eigenvalue weighted by atomic mass is 10.0. The van der Waals surface area contributed by atoms with E-state index in [1.807, 2.05) is 13.0 Å². The minimum absolute atomic E-state index is 0.00288. The van der Waals surface area contributed by atoms with Gasteiger partial charge in [0, 0.05) is 6.04 Å². The number of hydrogen-bond donors (Lipinski definition) is 1. The highest BCUT2D eigenvalue weighted by Gasteiger charge is 2.16. The first-order valence-electron chi connectivity index (χ1n) is 8.59. The Morgan fingerprint density at radius 1 is 1.23 bits per heavy atom. The molecule has 22 heavy (non-hydrogen) atoms. The third-order valence-corrected chi connectivity index (χ3v) is 4.37. The largest absolute Gasteiger partial charge is 0.483 e. The quantitative estimate of drug-likeness (QED) is 0.822. The summed E-state index contributed by atoms with van der Waals surface area (Å²) < 4.78 is 5.80. The molecule has 0 atom stereocenters. The second-order valence-corrected chi connectivity index (χ2v) is 6.74. The standard InChI is InChI=1S/C19H29NO2/c1-14(2)17-11-10-15(3)12-18(17)22-13-19(21)20-16-8-6-4-5-7-9-16/h10-12,14,16H,4-9,13H2,1-3H3,(H,20,21). The van der Waals surface area contributed by atoms with E-state index in [2.05, 4.69) is 31.3 Å². The average molecular weight is 303 g/mol. The summed E-state index contributed by atoms with van der Waals surface area (Å²) in [5, 5.41) is 3.13. The van der Waals surface area contributed by atoms with Gasteiger partial charge in [-0.1, -0.05) is 51.7 Å². The number of ether oxygens (including phenoxy) is 1. The van der Waals surface area contributed by atoms with Crippen molar-refractivity contribution in [3.8, 4) is 5.75 Å². The van der Waals surface area contributed by atoms with Gasteiger partial charge in [-0.3, -0.25) is 4.79 Å². The van der Waals surface area contributed by atoms with Gasteiger partial charge in [-0.2, -0.15) is 0 Å². The Morgan fingerprint density at radius 2 is 1.91 bits per heavy atom. The normalized spacial score (nSPS) is 16.4. The van der Waals surface area contributed by atoms with E-state index in [0.29, 0.717) is 12.0 Å². The first-order chi connectivity index (χ1) is 10.6. The SMILES string of the molecule is Cc1ccc(C(C)C)c(OCC(=O)NC2CCCCCC2)c1. The molecule has 0 aliphatic heterocycles. The summed E-state index contributed by atoms with van der Waals surface area (Å²) in [6.07, 6.45) is 7.25. The van der Waals surface area contributed by atoms with Gasteiger partial charge in [0.2, 0.25) is 0 Å². The summed E-state index contributed by atoms with van der Waals surface area (Å²) in [6.45, 7) is 6.44. The summed E-state index contributed by atoms with van der Waals surface area (Å²) in [5.41, 5.74) is 2.32. The minimum atomic E-state index is 0.00288. The van der Waals surface area contributed by atoms with E-state index in [9.17, 15) is 4.79 Å². The Hall–Kier alpha value is -1.51. The lowest BCUT2D eigenvalue weighted by Gasteiger charge is -2.18. The maximum absolute atomic E-state index is 12.1. The van der Waals surface area contributed by atoms with Crippen LogP contribution < -0.4 is 10.1 Å². The fraction of sp³-hybridized carbons (Fsp3) is 0.632. The maximum atomic E-state index is 12.1. The number of carbonyl (C=O) groups is 1. The van der Waals surface area contributed by atoms with Gasteiger partial charge < -0.3 is 10.1 Å². The molecule has 0 bridgehead atoms. The molecule has 0 heterocycles. The van der Waals surface area contributed by atoms with Gasteiger partial charge >= 0.3 is 0 Å². The molecule has 0 radical (unpaired) electrons. The fourth-order valence-corrected chi connectivity index (χ4v) is 3.08. The molecule has 1 fully saturated rings. The number of benzene rings is 1. The predicted molar refractivity (Wildman–Crippen MR) is 90.4 cm³/mol. The van der Waals surface area contributed by atoms with Gasteiger partial charge in [0.1, 0.15) is 5.75 Å². The molecule has 0 unspecified atom stereocenters. The summed E-state index contributed by atoms with van der Waals surface area (Å²) in [5.74, 6) is 1.23. The van der Waals surface area contributed by atoms with Crippen molar-refractivity contribution in [3.63, 3.8) is 0 Å². The molecule has 0 aromatic heterocycles. The van der Waals surface area contributed by atoms with Crippen LogP contribution in [0, 0.1) is 6.92 Å². The third-order valence-electron chi connectivity index (χ3n) is 4.37. The number of hydrogen-bond acceptors (Lipinski definition) is 2. The number of amides is 1. The molecule has 3 heteroatoms. The molecule has 1 amide bonds. The molecule has 1 aromatic carbocycles. The molecule has 0 spiro atoms. The molecule has 1 aliphatic rings. The zero-order valence-corrected chi connectivity index (χ0v) is 14.2. The Bertz CT molecular complexity index is 488. The van der Waals surface area contributed by atoms with Crippen molar-refractivity contribution in [1.82, 2.24) is 5.32 Å². The van der Waals surface area contributed by atoms with Crippen molar-refractivity contribution < 1.29 is 9.53 Å². The van der Waals surface area contributed by atoms with Crippen molar-refractivity contribution in [1.29, 1.82) is 0 Å². The summed E-state index contributed by atoms with van der Waals surface area (Å²) in [6, 6.07) is 6.54. The Balaban J connectivity index is 1.89. The highest BCUT2D eigenvalue weighted by atomic mass is 16.5. The van der Waals surface area contributed by atoms with Crippen molar-refractivity contribution >= 4 is 5.91 Å². The van der Waals surface area contributed by atoms with E-state index < -0.39 is 0 Å². The van der Waals surface area contributed by atoms with Gasteiger partial charge in [-0.15, -0.1) is 0 Å². The second-order valence-electron chi connectivity index (χ2n) is 6.74. The number of rotatable bonds is 5. The highest BCUT2D eigenvalue weighted by molar-refractivity contribution is 5.77. The maximum Gasteiger partial charge on any atom is 0.258 e. The van der Waals surface area contributed by atoms with E-state index in [1.165, 1.54) is 25.7 Å². The van der Waals surface area contributed by atoms with E-state index >= 15 is 0 Å². The molecule has 0 saturated heterocycles. The Kier molecular flexibility index (Phi) is 6.29. The first-order valence-corrected chi connectivity index (χ1v) is 8.59. The Labute approximate surface area is 134 Å². The lowest BCUT2D eigenvalue weighted by molar-refractivity contribution is -0.123. The smallest absolute Gasteiger partial charge is 0.258 e. The van der Waals surface area contributed by atoms with Crippen LogP contribution in [0.1, 0.15) is 69.4 Å². The van der Waals surface area contributed by atoms with Crippen molar-refractivity contribution in [2.75, 3.05) is 6.61 Å². The molecular weight excluding hydrogens is 274 g/mol.